The van der Waals surface area contributed by atoms with Crippen molar-refractivity contribution < 1.29 is 9.57 Å². The molecule has 2 heterocycles. The smallest absolute Gasteiger partial charge is 0.145 e. The summed E-state index contributed by atoms with van der Waals surface area (Å²) >= 11 is 0. The third-order valence-corrected chi connectivity index (χ3v) is 5.75. The van der Waals surface area contributed by atoms with E-state index >= 15 is 0 Å². The molecule has 0 bridgehead atoms. The fourth-order valence-corrected chi connectivity index (χ4v) is 4.53. The van der Waals surface area contributed by atoms with Crippen LogP contribution in [0.5, 0.6) is 0 Å². The van der Waals surface area contributed by atoms with Crippen molar-refractivity contribution in [3.63, 3.8) is 0 Å². The van der Waals surface area contributed by atoms with E-state index in [2.05, 4.69) is 28.9 Å². The Morgan fingerprint density at radius 2 is 1.96 bits per heavy atom. The van der Waals surface area contributed by atoms with Crippen molar-refractivity contribution in [3.05, 3.63) is 0 Å². The van der Waals surface area contributed by atoms with Crippen LogP contribution in [-0.2, 0) is 9.57 Å². The molecule has 3 rings (SSSR count). The molecular weight excluding hydrogens is 290 g/mol. The summed E-state index contributed by atoms with van der Waals surface area (Å²) in [6, 6.07) is 0. The molecule has 0 spiro atoms. The Balaban J connectivity index is 1.57. The average Bonchev–Trinajstić information content (AvgIpc) is 3.04. The zero-order valence-electron chi connectivity index (χ0n) is 14.9. The minimum atomic E-state index is 0.250. The highest BCUT2D eigenvalue weighted by Crippen LogP contribution is 2.35. The lowest BCUT2D eigenvalue weighted by atomic mass is 9.79. The summed E-state index contributed by atoms with van der Waals surface area (Å²) in [4.78, 5) is 10.8. The number of nitrogens with zero attached hydrogens (tertiary/aromatic N) is 3. The summed E-state index contributed by atoms with van der Waals surface area (Å²) < 4.78 is 5.58. The molecule has 0 amide bonds. The quantitative estimate of drug-likeness (QED) is 0.753. The van der Waals surface area contributed by atoms with Gasteiger partial charge in [0.1, 0.15) is 6.10 Å². The van der Waals surface area contributed by atoms with E-state index in [0.29, 0.717) is 5.54 Å². The highest BCUT2D eigenvalue weighted by Gasteiger charge is 2.39. The first-order valence-corrected chi connectivity index (χ1v) is 9.45. The van der Waals surface area contributed by atoms with E-state index in [1.165, 1.54) is 37.8 Å². The van der Waals surface area contributed by atoms with Crippen LogP contribution in [0.1, 0.15) is 51.9 Å². The van der Waals surface area contributed by atoms with Crippen LogP contribution in [0.2, 0.25) is 0 Å². The van der Waals surface area contributed by atoms with E-state index in [0.717, 1.165) is 52.2 Å². The van der Waals surface area contributed by atoms with E-state index in [-0.39, 0.29) is 6.10 Å². The van der Waals surface area contributed by atoms with Crippen LogP contribution in [-0.4, -0.2) is 73.6 Å². The van der Waals surface area contributed by atoms with Gasteiger partial charge < -0.3 is 14.5 Å². The SMILES string of the molecule is CCC1=NO[C@H](CN(C)CC2(N3CCOCC3)CCCCC2)C1. The molecule has 2 aliphatic heterocycles. The van der Waals surface area contributed by atoms with E-state index < -0.39 is 0 Å². The summed E-state index contributed by atoms with van der Waals surface area (Å²) in [6.07, 6.45) is 9.07. The number of hydrogen-bond acceptors (Lipinski definition) is 5. The average molecular weight is 323 g/mol. The summed E-state index contributed by atoms with van der Waals surface area (Å²) in [5.74, 6) is 0. The van der Waals surface area contributed by atoms with E-state index in [9.17, 15) is 0 Å². The second-order valence-electron chi connectivity index (χ2n) is 7.52. The Morgan fingerprint density at radius 1 is 1.22 bits per heavy atom. The Bertz CT molecular complexity index is 401. The Hall–Kier alpha value is -0.650. The van der Waals surface area contributed by atoms with Gasteiger partial charge in [-0.2, -0.15) is 0 Å². The van der Waals surface area contributed by atoms with Crippen molar-refractivity contribution in [2.75, 3.05) is 46.4 Å². The van der Waals surface area contributed by atoms with Crippen molar-refractivity contribution in [3.8, 4) is 0 Å². The van der Waals surface area contributed by atoms with Gasteiger partial charge in [0, 0.05) is 38.1 Å². The third-order valence-electron chi connectivity index (χ3n) is 5.75. The van der Waals surface area contributed by atoms with E-state index in [4.69, 9.17) is 9.57 Å². The summed E-state index contributed by atoms with van der Waals surface area (Å²) in [5.41, 5.74) is 1.56. The van der Waals surface area contributed by atoms with E-state index in [1.54, 1.807) is 0 Å². The maximum Gasteiger partial charge on any atom is 0.145 e. The number of likely N-dealkylation sites (N-methyl/N-ethyl adjacent to an activating group) is 1. The zero-order chi connectivity index (χ0) is 16.1. The van der Waals surface area contributed by atoms with Gasteiger partial charge in [-0.05, 0) is 26.3 Å². The molecule has 2 fully saturated rings. The molecule has 1 aliphatic carbocycles. The van der Waals surface area contributed by atoms with Crippen LogP contribution in [0.15, 0.2) is 5.16 Å². The van der Waals surface area contributed by atoms with Crippen LogP contribution in [0.25, 0.3) is 0 Å². The number of hydrogen-bond donors (Lipinski definition) is 0. The lowest BCUT2D eigenvalue weighted by molar-refractivity contribution is -0.0528. The summed E-state index contributed by atoms with van der Waals surface area (Å²) in [6.45, 7) is 8.26. The molecule has 1 saturated heterocycles. The normalized spacial score (nSPS) is 28.7. The Morgan fingerprint density at radius 3 is 2.61 bits per heavy atom. The van der Waals surface area contributed by atoms with Crippen LogP contribution >= 0.6 is 0 Å². The number of rotatable bonds is 6. The van der Waals surface area contributed by atoms with Crippen LogP contribution in [0.3, 0.4) is 0 Å². The molecule has 5 heteroatoms. The first-order chi connectivity index (χ1) is 11.2. The number of ether oxygens (including phenoxy) is 1. The van der Waals surface area contributed by atoms with Crippen molar-refractivity contribution in [1.29, 1.82) is 0 Å². The molecule has 0 unspecified atom stereocenters. The molecule has 1 saturated carbocycles. The summed E-state index contributed by atoms with van der Waals surface area (Å²) in [5, 5.41) is 4.21. The monoisotopic (exact) mass is 323 g/mol. The predicted octanol–water partition coefficient (Wildman–Crippen LogP) is 2.51. The van der Waals surface area contributed by atoms with Gasteiger partial charge in [-0.25, -0.2) is 0 Å². The topological polar surface area (TPSA) is 37.3 Å². The highest BCUT2D eigenvalue weighted by atomic mass is 16.6. The molecule has 0 aromatic carbocycles. The number of morpholine rings is 1. The molecule has 3 aliphatic rings. The lowest BCUT2D eigenvalue weighted by Crippen LogP contribution is -2.59. The molecule has 0 aromatic rings. The Kier molecular flexibility index (Phi) is 5.94. The van der Waals surface area contributed by atoms with Crippen molar-refractivity contribution in [2.45, 2.75) is 63.5 Å². The predicted molar refractivity (Wildman–Crippen MR) is 92.9 cm³/mol. The first-order valence-electron chi connectivity index (χ1n) is 9.45. The van der Waals surface area contributed by atoms with Gasteiger partial charge in [0.05, 0.1) is 18.9 Å². The minimum absolute atomic E-state index is 0.250. The van der Waals surface area contributed by atoms with Gasteiger partial charge in [-0.15, -0.1) is 0 Å². The molecule has 1 atom stereocenters. The van der Waals surface area contributed by atoms with Crippen LogP contribution < -0.4 is 0 Å². The molecule has 132 valence electrons. The molecule has 5 nitrogen and oxygen atoms in total. The lowest BCUT2D eigenvalue weighted by Gasteiger charge is -2.49. The van der Waals surface area contributed by atoms with Gasteiger partial charge in [0.25, 0.3) is 0 Å². The molecule has 23 heavy (non-hydrogen) atoms. The second-order valence-corrected chi connectivity index (χ2v) is 7.52. The second kappa shape index (κ2) is 7.95. The van der Waals surface area contributed by atoms with Gasteiger partial charge in [-0.3, -0.25) is 4.90 Å². The van der Waals surface area contributed by atoms with Crippen LogP contribution in [0, 0.1) is 0 Å². The standard InChI is InChI=1S/C18H33N3O2/c1-3-16-13-17(23-19-16)14-20(2)15-18(7-5-4-6-8-18)21-9-11-22-12-10-21/h17H,3-15H2,1-2H3/t17-/m0/s1. The molecule has 0 aromatic heterocycles. The maximum atomic E-state index is 5.61. The first kappa shape index (κ1) is 17.2. The van der Waals surface area contributed by atoms with Gasteiger partial charge in [0.2, 0.25) is 0 Å². The fraction of sp³-hybridized carbons (Fsp3) is 0.944. The van der Waals surface area contributed by atoms with E-state index in [1.807, 2.05) is 0 Å². The largest absolute Gasteiger partial charge is 0.391 e. The minimum Gasteiger partial charge on any atom is -0.391 e. The molecule has 0 N–H and O–H groups in total. The summed E-state index contributed by atoms with van der Waals surface area (Å²) in [7, 11) is 2.25. The van der Waals surface area contributed by atoms with Gasteiger partial charge >= 0.3 is 0 Å². The van der Waals surface area contributed by atoms with Crippen molar-refractivity contribution in [1.82, 2.24) is 9.80 Å². The fourth-order valence-electron chi connectivity index (χ4n) is 4.53. The third kappa shape index (κ3) is 4.25. The number of oxime groups is 1. The highest BCUT2D eigenvalue weighted by molar-refractivity contribution is 5.85. The van der Waals surface area contributed by atoms with Crippen molar-refractivity contribution in [2.24, 2.45) is 5.16 Å². The van der Waals surface area contributed by atoms with Crippen LogP contribution in [0.4, 0.5) is 0 Å². The zero-order valence-corrected chi connectivity index (χ0v) is 14.9. The molecular formula is C18H33N3O2. The van der Waals surface area contributed by atoms with Crippen molar-refractivity contribution >= 4 is 5.71 Å². The maximum absolute atomic E-state index is 5.61. The van der Waals surface area contributed by atoms with Gasteiger partial charge in [-0.1, -0.05) is 31.3 Å². The Labute approximate surface area is 141 Å². The molecule has 0 radical (unpaired) electrons. The van der Waals surface area contributed by atoms with Gasteiger partial charge in [0.15, 0.2) is 0 Å².